The van der Waals surface area contributed by atoms with Crippen LogP contribution in [-0.2, 0) is 11.0 Å². The van der Waals surface area contributed by atoms with E-state index in [9.17, 15) is 4.21 Å². The summed E-state index contributed by atoms with van der Waals surface area (Å²) in [5.41, 5.74) is 0. The molecule has 0 amide bonds. The zero-order chi connectivity index (χ0) is 4.99. The summed E-state index contributed by atoms with van der Waals surface area (Å²) in [5, 5.41) is 4.88. The van der Waals surface area contributed by atoms with E-state index >= 15 is 0 Å². The maximum absolute atomic E-state index is 9.93. The summed E-state index contributed by atoms with van der Waals surface area (Å²) in [6.07, 6.45) is 0.906. The van der Waals surface area contributed by atoms with Crippen LogP contribution in [0.4, 0.5) is 0 Å². The van der Waals surface area contributed by atoms with Crippen LogP contribution in [0.3, 0.4) is 0 Å². The highest BCUT2D eigenvalue weighted by Gasteiger charge is 1.81. The number of hydrogen-bond donors (Lipinski definition) is 1. The Hall–Kier alpha value is 0.110. The Bertz CT molecular complexity index is 54.8. The molecule has 0 rings (SSSR count). The van der Waals surface area contributed by atoms with Crippen molar-refractivity contribution in [3.05, 3.63) is 0 Å². The summed E-state index contributed by atoms with van der Waals surface area (Å²) in [6, 6.07) is 0. The largest absolute Gasteiger partial charge is 0.252 e. The van der Waals surface area contributed by atoms with E-state index < -0.39 is 11.0 Å². The van der Waals surface area contributed by atoms with Gasteiger partial charge in [-0.3, -0.25) is 5.14 Å². The molecule has 0 aliphatic carbocycles. The highest BCUT2D eigenvalue weighted by molar-refractivity contribution is 7.82. The van der Waals surface area contributed by atoms with E-state index in [1.165, 1.54) is 0 Å². The fourth-order valence-corrected chi connectivity index (χ4v) is 0.604. The first-order valence-corrected chi connectivity index (χ1v) is 3.28. The SMILES string of the molecule is CCC[S@](N)=O. The third-order valence-electron chi connectivity index (χ3n) is 0.405. The van der Waals surface area contributed by atoms with Crippen molar-refractivity contribution in [3.63, 3.8) is 0 Å². The third kappa shape index (κ3) is 4.11. The highest BCUT2D eigenvalue weighted by Crippen LogP contribution is 1.73. The molecule has 0 spiro atoms. The van der Waals surface area contributed by atoms with Gasteiger partial charge in [0.1, 0.15) is 0 Å². The van der Waals surface area contributed by atoms with Crippen LogP contribution in [0.15, 0.2) is 0 Å². The van der Waals surface area contributed by atoms with Crippen molar-refractivity contribution in [2.75, 3.05) is 5.75 Å². The first-order chi connectivity index (χ1) is 2.77. The second kappa shape index (κ2) is 3.31. The molecule has 0 aromatic rings. The van der Waals surface area contributed by atoms with E-state index in [0.717, 1.165) is 6.42 Å². The molecule has 2 N–H and O–H groups in total. The minimum Gasteiger partial charge on any atom is -0.252 e. The molecule has 0 heterocycles. The van der Waals surface area contributed by atoms with Crippen molar-refractivity contribution in [2.45, 2.75) is 13.3 Å². The second-order valence-corrected chi connectivity index (χ2v) is 2.25. The molecular formula is C3H9NOS. The van der Waals surface area contributed by atoms with Gasteiger partial charge in [0.15, 0.2) is 0 Å². The Morgan fingerprint density at radius 1 is 1.83 bits per heavy atom. The van der Waals surface area contributed by atoms with Crippen LogP contribution in [-0.4, -0.2) is 9.96 Å². The Labute approximate surface area is 40.3 Å². The van der Waals surface area contributed by atoms with Gasteiger partial charge >= 0.3 is 0 Å². The quantitative estimate of drug-likeness (QED) is 0.531. The molecule has 0 unspecified atom stereocenters. The minimum absolute atomic E-state index is 0.625. The van der Waals surface area contributed by atoms with Crippen LogP contribution in [0, 0.1) is 0 Å². The molecule has 0 fully saturated rings. The van der Waals surface area contributed by atoms with Gasteiger partial charge in [0, 0.05) is 5.75 Å². The van der Waals surface area contributed by atoms with Gasteiger partial charge in [-0.25, -0.2) is 4.21 Å². The summed E-state index contributed by atoms with van der Waals surface area (Å²) >= 11 is 0. The summed E-state index contributed by atoms with van der Waals surface area (Å²) in [7, 11) is -1.07. The normalized spacial score (nSPS) is 14.3. The molecule has 0 saturated carbocycles. The van der Waals surface area contributed by atoms with Crippen molar-refractivity contribution in [3.8, 4) is 0 Å². The van der Waals surface area contributed by atoms with Gasteiger partial charge in [-0.2, -0.15) is 0 Å². The van der Waals surface area contributed by atoms with Gasteiger partial charge in [0.2, 0.25) is 0 Å². The van der Waals surface area contributed by atoms with Crippen molar-refractivity contribution >= 4 is 11.0 Å². The molecule has 0 aromatic carbocycles. The van der Waals surface area contributed by atoms with Gasteiger partial charge in [0.05, 0.1) is 11.0 Å². The van der Waals surface area contributed by atoms with Gasteiger partial charge in [-0.15, -0.1) is 0 Å². The van der Waals surface area contributed by atoms with Gasteiger partial charge in [-0.05, 0) is 6.42 Å². The van der Waals surface area contributed by atoms with Gasteiger partial charge in [0.25, 0.3) is 0 Å². The Balaban J connectivity index is 2.83. The van der Waals surface area contributed by atoms with Crippen LogP contribution < -0.4 is 5.14 Å². The lowest BCUT2D eigenvalue weighted by atomic mass is 10.6. The monoisotopic (exact) mass is 107 g/mol. The zero-order valence-corrected chi connectivity index (χ0v) is 4.62. The molecule has 0 saturated heterocycles. The molecule has 2 nitrogen and oxygen atoms in total. The van der Waals surface area contributed by atoms with Gasteiger partial charge < -0.3 is 0 Å². The van der Waals surface area contributed by atoms with Crippen LogP contribution in [0.2, 0.25) is 0 Å². The predicted octanol–water partition coefficient (Wildman–Crippen LogP) is 0.0188. The van der Waals surface area contributed by atoms with Crippen molar-refractivity contribution in [1.82, 2.24) is 0 Å². The third-order valence-corrected chi connectivity index (χ3v) is 1.22. The van der Waals surface area contributed by atoms with Gasteiger partial charge in [-0.1, -0.05) is 6.92 Å². The Morgan fingerprint density at radius 3 is 2.33 bits per heavy atom. The maximum atomic E-state index is 9.93. The second-order valence-electron chi connectivity index (χ2n) is 1.08. The fourth-order valence-electron chi connectivity index (χ4n) is 0.201. The summed E-state index contributed by atoms with van der Waals surface area (Å²) in [4.78, 5) is 0. The fraction of sp³-hybridized carbons (Fsp3) is 1.00. The maximum Gasteiger partial charge on any atom is 0.0887 e. The molecule has 0 aromatic heterocycles. The van der Waals surface area contributed by atoms with Crippen LogP contribution in [0.5, 0.6) is 0 Å². The topological polar surface area (TPSA) is 43.1 Å². The molecule has 3 heteroatoms. The zero-order valence-electron chi connectivity index (χ0n) is 3.81. The van der Waals surface area contributed by atoms with Crippen molar-refractivity contribution in [2.24, 2.45) is 5.14 Å². The van der Waals surface area contributed by atoms with E-state index in [4.69, 9.17) is 5.14 Å². The molecule has 0 bridgehead atoms. The number of nitrogens with two attached hydrogens (primary N) is 1. The number of rotatable bonds is 2. The molecule has 38 valence electrons. The first-order valence-electron chi connectivity index (χ1n) is 1.90. The Kier molecular flexibility index (Phi) is 3.37. The highest BCUT2D eigenvalue weighted by atomic mass is 32.2. The molecule has 0 aliphatic rings. The average molecular weight is 107 g/mol. The first kappa shape index (κ1) is 6.11. The summed E-state index contributed by atoms with van der Waals surface area (Å²) < 4.78 is 9.93. The standard InChI is InChI=1S/C3H9NOS/c1-2-3-6(4)5/h2-4H2,1H3/t6-/m1/s1. The van der Waals surface area contributed by atoms with E-state index in [0.29, 0.717) is 5.75 Å². The van der Waals surface area contributed by atoms with E-state index in [1.54, 1.807) is 0 Å². The molecule has 6 heavy (non-hydrogen) atoms. The lowest BCUT2D eigenvalue weighted by Crippen LogP contribution is -2.05. The molecule has 0 aliphatic heterocycles. The molecule has 0 radical (unpaired) electrons. The van der Waals surface area contributed by atoms with Crippen molar-refractivity contribution in [1.29, 1.82) is 0 Å². The average Bonchev–Trinajstić information content (AvgIpc) is 1.35. The summed E-state index contributed by atoms with van der Waals surface area (Å²) in [6.45, 7) is 1.95. The van der Waals surface area contributed by atoms with E-state index in [-0.39, 0.29) is 0 Å². The van der Waals surface area contributed by atoms with E-state index in [2.05, 4.69) is 0 Å². The predicted molar refractivity (Wildman–Crippen MR) is 27.5 cm³/mol. The van der Waals surface area contributed by atoms with Crippen LogP contribution in [0.25, 0.3) is 0 Å². The minimum atomic E-state index is -1.07. The van der Waals surface area contributed by atoms with Crippen molar-refractivity contribution < 1.29 is 4.21 Å². The summed E-state index contributed by atoms with van der Waals surface area (Å²) in [5.74, 6) is 0.625. The van der Waals surface area contributed by atoms with Crippen LogP contribution >= 0.6 is 0 Å². The smallest absolute Gasteiger partial charge is 0.0887 e. The lowest BCUT2D eigenvalue weighted by molar-refractivity contribution is 0.683. The molecule has 1 atom stereocenters. The molecular weight excluding hydrogens is 98.1 g/mol. The van der Waals surface area contributed by atoms with E-state index in [1.807, 2.05) is 6.92 Å². The Morgan fingerprint density at radius 2 is 2.33 bits per heavy atom. The number of hydrogen-bond acceptors (Lipinski definition) is 1. The lowest BCUT2D eigenvalue weighted by Gasteiger charge is -1.82. The van der Waals surface area contributed by atoms with Crippen LogP contribution in [0.1, 0.15) is 13.3 Å².